The Morgan fingerprint density at radius 1 is 1.39 bits per heavy atom. The number of hydrogen-bond acceptors (Lipinski definition) is 5. The van der Waals surface area contributed by atoms with Gasteiger partial charge in [-0.3, -0.25) is 9.69 Å². The lowest BCUT2D eigenvalue weighted by Crippen LogP contribution is -2.33. The number of thioether (sulfide) groups is 1. The summed E-state index contributed by atoms with van der Waals surface area (Å²) in [4.78, 5) is 14.5. The summed E-state index contributed by atoms with van der Waals surface area (Å²) < 4.78 is 5.99. The average molecular weight is 365 g/mol. The zero-order valence-corrected chi connectivity index (χ0v) is 14.6. The summed E-state index contributed by atoms with van der Waals surface area (Å²) in [6, 6.07) is 11.0. The predicted octanol–water partition coefficient (Wildman–Crippen LogP) is 4.51. The third kappa shape index (κ3) is 3.77. The standard InChI is InChI=1S/C16H13ClN2O2S2/c1-10-5-6-13(21-10)8-14-15(20)19(16(22)23-14)9-18-12-4-2-3-11(17)7-12/h2-8,18H,9H2,1H3/b14-8+. The van der Waals surface area contributed by atoms with Crippen LogP contribution in [-0.2, 0) is 4.79 Å². The van der Waals surface area contributed by atoms with E-state index >= 15 is 0 Å². The molecule has 2 aromatic rings. The van der Waals surface area contributed by atoms with Crippen LogP contribution in [0, 0.1) is 6.92 Å². The third-order valence-corrected chi connectivity index (χ3v) is 4.79. The first-order chi connectivity index (χ1) is 11.0. The average Bonchev–Trinajstić information content (AvgIpc) is 3.02. The van der Waals surface area contributed by atoms with Gasteiger partial charge in [0.05, 0.1) is 11.6 Å². The summed E-state index contributed by atoms with van der Waals surface area (Å²) in [6.07, 6.45) is 1.71. The monoisotopic (exact) mass is 364 g/mol. The number of carbonyl (C=O) groups is 1. The van der Waals surface area contributed by atoms with E-state index in [1.54, 1.807) is 18.2 Å². The lowest BCUT2D eigenvalue weighted by molar-refractivity contribution is -0.121. The van der Waals surface area contributed by atoms with Gasteiger partial charge < -0.3 is 9.73 Å². The van der Waals surface area contributed by atoms with Crippen molar-refractivity contribution in [1.29, 1.82) is 0 Å². The minimum absolute atomic E-state index is 0.136. The molecule has 23 heavy (non-hydrogen) atoms. The van der Waals surface area contributed by atoms with E-state index in [4.69, 9.17) is 28.2 Å². The van der Waals surface area contributed by atoms with E-state index in [-0.39, 0.29) is 5.91 Å². The highest BCUT2D eigenvalue weighted by Gasteiger charge is 2.32. The number of carbonyl (C=O) groups excluding carboxylic acids is 1. The van der Waals surface area contributed by atoms with Gasteiger partial charge in [0.15, 0.2) is 0 Å². The van der Waals surface area contributed by atoms with Crippen molar-refractivity contribution in [3.8, 4) is 0 Å². The van der Waals surface area contributed by atoms with Crippen molar-refractivity contribution in [2.75, 3.05) is 12.0 Å². The minimum atomic E-state index is -0.136. The van der Waals surface area contributed by atoms with E-state index in [0.29, 0.717) is 26.7 Å². The number of nitrogens with zero attached hydrogens (tertiary/aromatic N) is 1. The van der Waals surface area contributed by atoms with Crippen LogP contribution >= 0.6 is 35.6 Å². The largest absolute Gasteiger partial charge is 0.462 e. The molecule has 1 saturated heterocycles. The van der Waals surface area contributed by atoms with Crippen LogP contribution in [0.25, 0.3) is 6.08 Å². The van der Waals surface area contributed by atoms with Gasteiger partial charge in [0.1, 0.15) is 15.8 Å². The van der Waals surface area contributed by atoms with Crippen LogP contribution in [0.5, 0.6) is 0 Å². The second-order valence-corrected chi connectivity index (χ2v) is 7.02. The summed E-state index contributed by atoms with van der Waals surface area (Å²) in [5.74, 6) is 1.31. The third-order valence-electron chi connectivity index (χ3n) is 3.17. The topological polar surface area (TPSA) is 45.5 Å². The molecule has 0 spiro atoms. The van der Waals surface area contributed by atoms with Crippen LogP contribution in [-0.4, -0.2) is 21.8 Å². The minimum Gasteiger partial charge on any atom is -0.462 e. The molecule has 0 radical (unpaired) electrons. The first kappa shape index (κ1) is 16.1. The van der Waals surface area contributed by atoms with Crippen molar-refractivity contribution in [2.24, 2.45) is 0 Å². The van der Waals surface area contributed by atoms with Gasteiger partial charge in [-0.2, -0.15) is 0 Å². The van der Waals surface area contributed by atoms with E-state index in [0.717, 1.165) is 11.4 Å². The first-order valence-corrected chi connectivity index (χ1v) is 8.44. The maximum atomic E-state index is 12.5. The van der Waals surface area contributed by atoms with Crippen molar-refractivity contribution in [1.82, 2.24) is 4.90 Å². The normalized spacial score (nSPS) is 16.4. The SMILES string of the molecule is Cc1ccc(/C=C2/SC(=S)N(CNc3cccc(Cl)c3)C2=O)o1. The van der Waals surface area contributed by atoms with Crippen molar-refractivity contribution >= 4 is 57.6 Å². The number of thiocarbonyl (C=S) groups is 1. The maximum Gasteiger partial charge on any atom is 0.267 e. The number of halogens is 1. The van der Waals surface area contributed by atoms with Crippen molar-refractivity contribution in [3.05, 3.63) is 57.8 Å². The molecule has 0 saturated carbocycles. The molecule has 7 heteroatoms. The molecule has 2 heterocycles. The predicted molar refractivity (Wildman–Crippen MR) is 98.4 cm³/mol. The zero-order valence-electron chi connectivity index (χ0n) is 12.2. The Morgan fingerprint density at radius 3 is 2.91 bits per heavy atom. The molecule has 1 N–H and O–H groups in total. The van der Waals surface area contributed by atoms with Crippen LogP contribution in [0.3, 0.4) is 0 Å². The van der Waals surface area contributed by atoms with E-state index in [1.807, 2.05) is 31.2 Å². The van der Waals surface area contributed by atoms with Gasteiger partial charge in [0.25, 0.3) is 5.91 Å². The van der Waals surface area contributed by atoms with E-state index in [9.17, 15) is 4.79 Å². The van der Waals surface area contributed by atoms with Crippen molar-refractivity contribution < 1.29 is 9.21 Å². The Balaban J connectivity index is 1.70. The smallest absolute Gasteiger partial charge is 0.267 e. The highest BCUT2D eigenvalue weighted by molar-refractivity contribution is 8.26. The number of nitrogens with one attached hydrogen (secondary N) is 1. The van der Waals surface area contributed by atoms with Crippen molar-refractivity contribution in [3.63, 3.8) is 0 Å². The van der Waals surface area contributed by atoms with Gasteiger partial charge in [0, 0.05) is 16.8 Å². The lowest BCUT2D eigenvalue weighted by Gasteiger charge is -2.16. The van der Waals surface area contributed by atoms with Crippen LogP contribution < -0.4 is 5.32 Å². The van der Waals surface area contributed by atoms with Gasteiger partial charge in [0.2, 0.25) is 0 Å². The number of anilines is 1. The Hall–Kier alpha value is -1.76. The Morgan fingerprint density at radius 2 is 2.22 bits per heavy atom. The maximum absolute atomic E-state index is 12.5. The molecule has 0 bridgehead atoms. The molecular weight excluding hydrogens is 352 g/mol. The van der Waals surface area contributed by atoms with Crippen LogP contribution in [0.1, 0.15) is 11.5 Å². The van der Waals surface area contributed by atoms with Gasteiger partial charge in [-0.25, -0.2) is 0 Å². The number of rotatable bonds is 4. The fourth-order valence-corrected chi connectivity index (χ4v) is 3.49. The Labute approximate surface area is 148 Å². The fourth-order valence-electron chi connectivity index (χ4n) is 2.07. The second-order valence-electron chi connectivity index (χ2n) is 4.90. The molecule has 1 aromatic carbocycles. The van der Waals surface area contributed by atoms with Gasteiger partial charge in [-0.1, -0.05) is 41.6 Å². The number of amides is 1. The summed E-state index contributed by atoms with van der Waals surface area (Å²) in [5, 5.41) is 3.78. The fraction of sp³-hybridized carbons (Fsp3) is 0.125. The molecule has 1 fully saturated rings. The molecule has 0 unspecified atom stereocenters. The van der Waals surface area contributed by atoms with Gasteiger partial charge >= 0.3 is 0 Å². The Bertz CT molecular complexity index is 801. The molecule has 1 aliphatic rings. The summed E-state index contributed by atoms with van der Waals surface area (Å²) in [5.41, 5.74) is 0.831. The number of aryl methyl sites for hydroxylation is 1. The molecular formula is C16H13ClN2O2S2. The summed E-state index contributed by atoms with van der Waals surface area (Å²) in [6.45, 7) is 2.15. The molecule has 4 nitrogen and oxygen atoms in total. The van der Waals surface area contributed by atoms with E-state index in [2.05, 4.69) is 5.32 Å². The zero-order chi connectivity index (χ0) is 16.4. The van der Waals surface area contributed by atoms with Crippen LogP contribution in [0.2, 0.25) is 5.02 Å². The number of benzene rings is 1. The van der Waals surface area contributed by atoms with Crippen LogP contribution in [0.15, 0.2) is 45.7 Å². The Kier molecular flexibility index (Phi) is 4.75. The molecule has 1 amide bonds. The molecule has 1 aliphatic heterocycles. The lowest BCUT2D eigenvalue weighted by atomic mass is 10.3. The highest BCUT2D eigenvalue weighted by atomic mass is 35.5. The highest BCUT2D eigenvalue weighted by Crippen LogP contribution is 2.32. The van der Waals surface area contributed by atoms with E-state index < -0.39 is 0 Å². The molecule has 0 atom stereocenters. The number of hydrogen-bond donors (Lipinski definition) is 1. The van der Waals surface area contributed by atoms with Gasteiger partial charge in [-0.15, -0.1) is 0 Å². The molecule has 118 valence electrons. The van der Waals surface area contributed by atoms with E-state index in [1.165, 1.54) is 16.7 Å². The van der Waals surface area contributed by atoms with Gasteiger partial charge in [-0.05, 0) is 37.3 Å². The molecule has 3 rings (SSSR count). The second kappa shape index (κ2) is 6.78. The first-order valence-electron chi connectivity index (χ1n) is 6.84. The quantitative estimate of drug-likeness (QED) is 0.638. The van der Waals surface area contributed by atoms with Crippen molar-refractivity contribution in [2.45, 2.75) is 6.92 Å². The molecule has 1 aromatic heterocycles. The summed E-state index contributed by atoms with van der Waals surface area (Å²) in [7, 11) is 0. The number of furan rings is 1. The molecule has 0 aliphatic carbocycles. The summed E-state index contributed by atoms with van der Waals surface area (Å²) >= 11 is 12.5. The van der Waals surface area contributed by atoms with Crippen LogP contribution in [0.4, 0.5) is 5.69 Å².